The molecule has 0 fully saturated rings. The maximum atomic E-state index is 12.6. The molecule has 0 atom stereocenters. The summed E-state index contributed by atoms with van der Waals surface area (Å²) in [5, 5.41) is 2.38. The fourth-order valence-corrected chi connectivity index (χ4v) is 4.13. The van der Waals surface area contributed by atoms with Gasteiger partial charge in [0.15, 0.2) is 0 Å². The molecule has 2 rings (SSSR count). The average Bonchev–Trinajstić information content (AvgIpc) is 3.07. The number of rotatable bonds is 8. The van der Waals surface area contributed by atoms with Crippen LogP contribution in [0.2, 0.25) is 5.02 Å². The van der Waals surface area contributed by atoms with Crippen LogP contribution in [0.3, 0.4) is 0 Å². The van der Waals surface area contributed by atoms with Crippen molar-refractivity contribution in [3.8, 4) is 0 Å². The third kappa shape index (κ3) is 5.15. The van der Waals surface area contributed by atoms with Gasteiger partial charge < -0.3 is 4.90 Å². The summed E-state index contributed by atoms with van der Waals surface area (Å²) in [5.41, 5.74) is 0. The SMILES string of the molecule is C=CCN(Cc1cccs1)C(=O)CN(C)S(=O)(=O)c1ccc(Cl)cc1. The molecule has 0 aliphatic carbocycles. The lowest BCUT2D eigenvalue weighted by Crippen LogP contribution is -2.40. The van der Waals surface area contributed by atoms with Gasteiger partial charge in [0.25, 0.3) is 0 Å². The third-order valence-corrected chi connectivity index (χ3v) is 6.44. The van der Waals surface area contributed by atoms with Gasteiger partial charge in [-0.05, 0) is 35.7 Å². The minimum absolute atomic E-state index is 0.0979. The van der Waals surface area contributed by atoms with Crippen molar-refractivity contribution in [2.45, 2.75) is 11.4 Å². The van der Waals surface area contributed by atoms with Crippen molar-refractivity contribution < 1.29 is 13.2 Å². The fraction of sp³-hybridized carbons (Fsp3) is 0.235. The first-order chi connectivity index (χ1) is 11.8. The Bertz CT molecular complexity index is 818. The fourth-order valence-electron chi connectivity index (χ4n) is 2.16. The van der Waals surface area contributed by atoms with E-state index in [-0.39, 0.29) is 17.3 Å². The number of sulfonamides is 1. The summed E-state index contributed by atoms with van der Waals surface area (Å²) >= 11 is 7.34. The summed E-state index contributed by atoms with van der Waals surface area (Å²) in [6, 6.07) is 9.70. The second kappa shape index (κ2) is 8.62. The topological polar surface area (TPSA) is 57.7 Å². The van der Waals surface area contributed by atoms with Gasteiger partial charge in [-0.1, -0.05) is 23.7 Å². The molecule has 25 heavy (non-hydrogen) atoms. The molecule has 1 aromatic carbocycles. The number of nitrogens with zero attached hydrogens (tertiary/aromatic N) is 2. The first kappa shape index (κ1) is 19.7. The highest BCUT2D eigenvalue weighted by Crippen LogP contribution is 2.18. The quantitative estimate of drug-likeness (QED) is 0.641. The van der Waals surface area contributed by atoms with E-state index in [2.05, 4.69) is 6.58 Å². The molecule has 134 valence electrons. The summed E-state index contributed by atoms with van der Waals surface area (Å²) in [7, 11) is -2.37. The van der Waals surface area contributed by atoms with E-state index >= 15 is 0 Å². The molecule has 8 heteroatoms. The highest BCUT2D eigenvalue weighted by Gasteiger charge is 2.25. The Balaban J connectivity index is 2.10. The smallest absolute Gasteiger partial charge is 0.243 e. The molecule has 1 aromatic heterocycles. The lowest BCUT2D eigenvalue weighted by molar-refractivity contribution is -0.131. The van der Waals surface area contributed by atoms with Crippen molar-refractivity contribution in [3.05, 3.63) is 64.3 Å². The molecule has 0 spiro atoms. The average molecular weight is 399 g/mol. The van der Waals surface area contributed by atoms with Gasteiger partial charge in [0.05, 0.1) is 18.0 Å². The maximum Gasteiger partial charge on any atom is 0.243 e. The van der Waals surface area contributed by atoms with Crippen LogP contribution in [-0.4, -0.2) is 43.7 Å². The number of halogens is 1. The highest BCUT2D eigenvalue weighted by atomic mass is 35.5. The minimum Gasteiger partial charge on any atom is -0.333 e. The molecule has 0 aliphatic heterocycles. The summed E-state index contributed by atoms with van der Waals surface area (Å²) in [4.78, 5) is 15.3. The summed E-state index contributed by atoms with van der Waals surface area (Å²) in [6.07, 6.45) is 1.62. The first-order valence-corrected chi connectivity index (χ1v) is 10.2. The Morgan fingerprint density at radius 1 is 1.28 bits per heavy atom. The van der Waals surface area contributed by atoms with E-state index in [0.717, 1.165) is 9.18 Å². The molecule has 0 N–H and O–H groups in total. The number of carbonyl (C=O) groups is 1. The van der Waals surface area contributed by atoms with Gasteiger partial charge in [0.1, 0.15) is 0 Å². The van der Waals surface area contributed by atoms with E-state index < -0.39 is 10.0 Å². The molecule has 0 unspecified atom stereocenters. The number of likely N-dealkylation sites (N-methyl/N-ethyl adjacent to an activating group) is 1. The van der Waals surface area contributed by atoms with Gasteiger partial charge in [0, 0.05) is 23.5 Å². The van der Waals surface area contributed by atoms with Gasteiger partial charge in [-0.3, -0.25) is 4.79 Å². The zero-order valence-corrected chi connectivity index (χ0v) is 16.1. The standard InChI is InChI=1S/C17H19ClN2O3S2/c1-3-10-20(12-15-5-4-11-24-15)17(21)13-19(2)25(22,23)16-8-6-14(18)7-9-16/h3-9,11H,1,10,12-13H2,2H3. The lowest BCUT2D eigenvalue weighted by Gasteiger charge is -2.24. The predicted molar refractivity (Wildman–Crippen MR) is 101 cm³/mol. The largest absolute Gasteiger partial charge is 0.333 e. The summed E-state index contributed by atoms with van der Waals surface area (Å²) in [6.45, 7) is 4.20. The van der Waals surface area contributed by atoms with Crippen molar-refractivity contribution in [1.29, 1.82) is 0 Å². The van der Waals surface area contributed by atoms with Crippen LogP contribution in [0.5, 0.6) is 0 Å². The molecule has 0 bridgehead atoms. The number of hydrogen-bond donors (Lipinski definition) is 0. The highest BCUT2D eigenvalue weighted by molar-refractivity contribution is 7.89. The molecule has 0 aliphatic rings. The molecule has 1 amide bonds. The van der Waals surface area contributed by atoms with E-state index in [1.165, 1.54) is 31.3 Å². The van der Waals surface area contributed by atoms with Crippen molar-refractivity contribution >= 4 is 38.9 Å². The second-order valence-corrected chi connectivity index (χ2v) is 8.87. The molecule has 5 nitrogen and oxygen atoms in total. The van der Waals surface area contributed by atoms with Gasteiger partial charge in [-0.25, -0.2) is 8.42 Å². The number of amides is 1. The van der Waals surface area contributed by atoms with E-state index in [1.807, 2.05) is 17.5 Å². The molecular weight excluding hydrogens is 380 g/mol. The zero-order chi connectivity index (χ0) is 18.4. The van der Waals surface area contributed by atoms with Crippen molar-refractivity contribution in [3.63, 3.8) is 0 Å². The summed E-state index contributed by atoms with van der Waals surface area (Å²) < 4.78 is 26.2. The maximum absolute atomic E-state index is 12.6. The van der Waals surface area contributed by atoms with Crippen LogP contribution in [0.1, 0.15) is 4.88 Å². The van der Waals surface area contributed by atoms with Crippen LogP contribution in [-0.2, 0) is 21.4 Å². The number of hydrogen-bond acceptors (Lipinski definition) is 4. The normalized spacial score (nSPS) is 11.5. The zero-order valence-electron chi connectivity index (χ0n) is 13.8. The van der Waals surface area contributed by atoms with Crippen LogP contribution in [0.4, 0.5) is 0 Å². The van der Waals surface area contributed by atoms with E-state index in [4.69, 9.17) is 11.6 Å². The predicted octanol–water partition coefficient (Wildman–Crippen LogP) is 3.24. The Hall–Kier alpha value is -1.67. The Kier molecular flexibility index (Phi) is 6.78. The summed E-state index contributed by atoms with van der Waals surface area (Å²) in [5.74, 6) is -0.284. The van der Waals surface area contributed by atoms with Gasteiger partial charge >= 0.3 is 0 Å². The van der Waals surface area contributed by atoms with Crippen molar-refractivity contribution in [2.24, 2.45) is 0 Å². The van der Waals surface area contributed by atoms with E-state index in [9.17, 15) is 13.2 Å². The number of benzene rings is 1. The third-order valence-electron chi connectivity index (χ3n) is 3.51. The van der Waals surface area contributed by atoms with Crippen LogP contribution in [0.15, 0.2) is 59.3 Å². The van der Waals surface area contributed by atoms with Crippen LogP contribution < -0.4 is 0 Å². The number of carbonyl (C=O) groups excluding carboxylic acids is 1. The molecule has 1 heterocycles. The van der Waals surface area contributed by atoms with Gasteiger partial charge in [0.2, 0.25) is 15.9 Å². The van der Waals surface area contributed by atoms with Crippen molar-refractivity contribution in [1.82, 2.24) is 9.21 Å². The van der Waals surface area contributed by atoms with E-state index in [1.54, 1.807) is 22.3 Å². The molecule has 2 aromatic rings. The molecule has 0 saturated carbocycles. The van der Waals surface area contributed by atoms with Crippen LogP contribution >= 0.6 is 22.9 Å². The second-order valence-electron chi connectivity index (χ2n) is 5.36. The van der Waals surface area contributed by atoms with Crippen LogP contribution in [0, 0.1) is 0 Å². The molecule has 0 saturated heterocycles. The monoisotopic (exact) mass is 398 g/mol. The van der Waals surface area contributed by atoms with Gasteiger partial charge in [-0.2, -0.15) is 4.31 Å². The van der Waals surface area contributed by atoms with Crippen LogP contribution in [0.25, 0.3) is 0 Å². The molecular formula is C17H19ClN2O3S2. The minimum atomic E-state index is -3.76. The Morgan fingerprint density at radius 3 is 2.52 bits per heavy atom. The Labute approximate surface area is 157 Å². The first-order valence-electron chi connectivity index (χ1n) is 7.47. The Morgan fingerprint density at radius 2 is 1.96 bits per heavy atom. The van der Waals surface area contributed by atoms with E-state index in [0.29, 0.717) is 18.1 Å². The molecule has 0 radical (unpaired) electrons. The lowest BCUT2D eigenvalue weighted by atomic mass is 10.3. The van der Waals surface area contributed by atoms with Crippen molar-refractivity contribution in [2.75, 3.05) is 20.1 Å². The number of thiophene rings is 1. The van der Waals surface area contributed by atoms with Gasteiger partial charge in [-0.15, -0.1) is 17.9 Å².